The van der Waals surface area contributed by atoms with Crippen LogP contribution in [0, 0.1) is 0 Å². The van der Waals surface area contributed by atoms with Crippen molar-refractivity contribution in [3.63, 3.8) is 0 Å². The van der Waals surface area contributed by atoms with E-state index in [0.29, 0.717) is 18.1 Å². The summed E-state index contributed by atoms with van der Waals surface area (Å²) in [6.07, 6.45) is 4.79. The van der Waals surface area contributed by atoms with Crippen molar-refractivity contribution >= 4 is 11.6 Å². The molecule has 3 heterocycles. The number of aromatic nitrogens is 2. The highest BCUT2D eigenvalue weighted by atomic mass is 16.5. The second-order valence-corrected chi connectivity index (χ2v) is 5.73. The quantitative estimate of drug-likeness (QED) is 0.903. The number of nitrogens with one attached hydrogen (secondary N) is 1. The Hall–Kier alpha value is -1.36. The predicted octanol–water partition coefficient (Wildman–Crippen LogP) is 2.01. The lowest BCUT2D eigenvalue weighted by Crippen LogP contribution is -2.43. The van der Waals surface area contributed by atoms with Crippen LogP contribution in [0.25, 0.3) is 0 Å². The van der Waals surface area contributed by atoms with Crippen molar-refractivity contribution in [1.82, 2.24) is 9.97 Å². The van der Waals surface area contributed by atoms with Crippen LogP contribution in [0.4, 0.5) is 11.6 Å². The maximum Gasteiger partial charge on any atom is 0.137 e. The van der Waals surface area contributed by atoms with Crippen LogP contribution in [-0.2, 0) is 4.74 Å². The zero-order chi connectivity index (χ0) is 13.4. The topological polar surface area (TPSA) is 50.3 Å². The summed E-state index contributed by atoms with van der Waals surface area (Å²) in [6, 6.07) is 0. The standard InChI is InChI=1S/C14H22N4O/c1-9(2)12-13(15-3)16-8-17-14(12)18-6-10-4-5-11(7-18)19-10/h8-11H,4-7H2,1-3H3,(H,15,16,17). The van der Waals surface area contributed by atoms with Crippen LogP contribution in [0.3, 0.4) is 0 Å². The smallest absolute Gasteiger partial charge is 0.137 e. The van der Waals surface area contributed by atoms with Crippen LogP contribution < -0.4 is 10.2 Å². The maximum absolute atomic E-state index is 5.91. The molecule has 0 aliphatic carbocycles. The number of rotatable bonds is 3. The van der Waals surface area contributed by atoms with E-state index in [0.717, 1.165) is 24.7 Å². The Morgan fingerprint density at radius 2 is 1.95 bits per heavy atom. The molecule has 0 amide bonds. The number of hydrogen-bond donors (Lipinski definition) is 1. The summed E-state index contributed by atoms with van der Waals surface area (Å²) in [6.45, 7) is 6.29. The van der Waals surface area contributed by atoms with Gasteiger partial charge in [0.25, 0.3) is 0 Å². The van der Waals surface area contributed by atoms with E-state index in [1.165, 1.54) is 18.4 Å². The van der Waals surface area contributed by atoms with E-state index in [2.05, 4.69) is 34.0 Å². The highest BCUT2D eigenvalue weighted by Gasteiger charge is 2.35. The van der Waals surface area contributed by atoms with Gasteiger partial charge in [-0.25, -0.2) is 9.97 Å². The van der Waals surface area contributed by atoms with Gasteiger partial charge in [-0.15, -0.1) is 0 Å². The highest BCUT2D eigenvalue weighted by Crippen LogP contribution is 2.35. The van der Waals surface area contributed by atoms with Crippen LogP contribution in [0.15, 0.2) is 6.33 Å². The summed E-state index contributed by atoms with van der Waals surface area (Å²) in [5.74, 6) is 2.42. The van der Waals surface area contributed by atoms with Crippen LogP contribution in [0.5, 0.6) is 0 Å². The molecule has 0 radical (unpaired) electrons. The van der Waals surface area contributed by atoms with Gasteiger partial charge in [0.1, 0.15) is 18.0 Å². The van der Waals surface area contributed by atoms with Crippen LogP contribution in [0.1, 0.15) is 38.2 Å². The van der Waals surface area contributed by atoms with E-state index in [1.807, 2.05) is 7.05 Å². The maximum atomic E-state index is 5.91. The summed E-state index contributed by atoms with van der Waals surface area (Å²) in [5.41, 5.74) is 1.21. The molecule has 0 spiro atoms. The SMILES string of the molecule is CNc1ncnc(N2CC3CCC(C2)O3)c1C(C)C. The van der Waals surface area contributed by atoms with E-state index < -0.39 is 0 Å². The lowest BCUT2D eigenvalue weighted by Gasteiger charge is -2.34. The molecule has 1 aromatic rings. The molecule has 104 valence electrons. The molecule has 2 atom stereocenters. The third kappa shape index (κ3) is 2.27. The molecular weight excluding hydrogens is 240 g/mol. The molecule has 0 aromatic carbocycles. The van der Waals surface area contributed by atoms with E-state index in [4.69, 9.17) is 4.74 Å². The van der Waals surface area contributed by atoms with Crippen molar-refractivity contribution in [3.05, 3.63) is 11.9 Å². The summed E-state index contributed by atoms with van der Waals surface area (Å²) >= 11 is 0. The number of ether oxygens (including phenoxy) is 1. The first-order valence-electron chi connectivity index (χ1n) is 7.12. The Balaban J connectivity index is 1.95. The number of hydrogen-bond acceptors (Lipinski definition) is 5. The third-order valence-electron chi connectivity index (χ3n) is 4.02. The molecule has 3 rings (SSSR count). The lowest BCUT2D eigenvalue weighted by molar-refractivity contribution is 0.0301. The minimum absolute atomic E-state index is 0.381. The van der Waals surface area contributed by atoms with Gasteiger partial charge in [-0.3, -0.25) is 0 Å². The lowest BCUT2D eigenvalue weighted by atomic mass is 10.0. The van der Waals surface area contributed by atoms with E-state index in [1.54, 1.807) is 6.33 Å². The Morgan fingerprint density at radius 1 is 1.26 bits per heavy atom. The average molecular weight is 262 g/mol. The molecule has 19 heavy (non-hydrogen) atoms. The summed E-state index contributed by atoms with van der Waals surface area (Å²) in [7, 11) is 1.92. The monoisotopic (exact) mass is 262 g/mol. The molecule has 5 nitrogen and oxygen atoms in total. The minimum Gasteiger partial charge on any atom is -0.373 e. The first kappa shape index (κ1) is 12.7. The molecule has 1 aromatic heterocycles. The molecule has 2 aliphatic rings. The molecule has 2 bridgehead atoms. The van der Waals surface area contributed by atoms with Crippen LogP contribution in [-0.4, -0.2) is 42.3 Å². The van der Waals surface area contributed by atoms with Gasteiger partial charge in [-0.05, 0) is 18.8 Å². The van der Waals surface area contributed by atoms with Crippen molar-refractivity contribution in [3.8, 4) is 0 Å². The second kappa shape index (κ2) is 4.96. The number of fused-ring (bicyclic) bond motifs is 2. The van der Waals surface area contributed by atoms with Crippen molar-refractivity contribution in [2.45, 2.75) is 44.8 Å². The van der Waals surface area contributed by atoms with Gasteiger partial charge in [0, 0.05) is 25.7 Å². The third-order valence-corrected chi connectivity index (χ3v) is 4.02. The Bertz CT molecular complexity index is 451. The Labute approximate surface area is 114 Å². The molecule has 2 unspecified atom stereocenters. The fraction of sp³-hybridized carbons (Fsp3) is 0.714. The fourth-order valence-electron chi connectivity index (χ4n) is 3.16. The first-order valence-corrected chi connectivity index (χ1v) is 7.12. The molecule has 1 N–H and O–H groups in total. The fourth-order valence-corrected chi connectivity index (χ4v) is 3.16. The number of morpholine rings is 1. The number of nitrogens with zero attached hydrogens (tertiary/aromatic N) is 3. The zero-order valence-corrected chi connectivity index (χ0v) is 11.9. The normalized spacial score (nSPS) is 26.0. The van der Waals surface area contributed by atoms with Gasteiger partial charge >= 0.3 is 0 Å². The van der Waals surface area contributed by atoms with Gasteiger partial charge in [-0.2, -0.15) is 0 Å². The molecule has 2 saturated heterocycles. The van der Waals surface area contributed by atoms with Gasteiger partial charge < -0.3 is 15.0 Å². The molecule has 2 aliphatic heterocycles. The molecular formula is C14H22N4O. The average Bonchev–Trinajstić information content (AvgIpc) is 2.76. The summed E-state index contributed by atoms with van der Waals surface area (Å²) in [5, 5.41) is 3.19. The van der Waals surface area contributed by atoms with Crippen molar-refractivity contribution in [2.75, 3.05) is 30.4 Å². The van der Waals surface area contributed by atoms with Gasteiger partial charge in [0.05, 0.1) is 12.2 Å². The first-order chi connectivity index (χ1) is 9.19. The number of anilines is 2. The predicted molar refractivity (Wildman–Crippen MR) is 75.8 cm³/mol. The molecule has 2 fully saturated rings. The van der Waals surface area contributed by atoms with E-state index in [-0.39, 0.29) is 0 Å². The van der Waals surface area contributed by atoms with Crippen molar-refractivity contribution in [2.24, 2.45) is 0 Å². The Morgan fingerprint density at radius 3 is 2.53 bits per heavy atom. The Kier molecular flexibility index (Phi) is 3.31. The van der Waals surface area contributed by atoms with E-state index >= 15 is 0 Å². The van der Waals surface area contributed by atoms with Gasteiger partial charge in [0.15, 0.2) is 0 Å². The van der Waals surface area contributed by atoms with Gasteiger partial charge in [-0.1, -0.05) is 13.8 Å². The zero-order valence-electron chi connectivity index (χ0n) is 11.9. The minimum atomic E-state index is 0.381. The largest absolute Gasteiger partial charge is 0.373 e. The van der Waals surface area contributed by atoms with Crippen LogP contribution >= 0.6 is 0 Å². The summed E-state index contributed by atoms with van der Waals surface area (Å²) < 4.78 is 5.91. The molecule has 5 heteroatoms. The van der Waals surface area contributed by atoms with Crippen molar-refractivity contribution in [1.29, 1.82) is 0 Å². The highest BCUT2D eigenvalue weighted by molar-refractivity contribution is 5.60. The van der Waals surface area contributed by atoms with Gasteiger partial charge in [0.2, 0.25) is 0 Å². The van der Waals surface area contributed by atoms with Crippen LogP contribution in [0.2, 0.25) is 0 Å². The summed E-state index contributed by atoms with van der Waals surface area (Å²) in [4.78, 5) is 11.3. The van der Waals surface area contributed by atoms with Crippen molar-refractivity contribution < 1.29 is 4.74 Å². The second-order valence-electron chi connectivity index (χ2n) is 5.73. The molecule has 0 saturated carbocycles. The van der Waals surface area contributed by atoms with E-state index in [9.17, 15) is 0 Å².